The number of rotatable bonds is 25. The van der Waals surface area contributed by atoms with Gasteiger partial charge in [0.05, 0.1) is 24.2 Å². The maximum absolute atomic E-state index is 13.7. The number of ketones is 1. The van der Waals surface area contributed by atoms with Gasteiger partial charge in [0.15, 0.2) is 30.7 Å². The van der Waals surface area contributed by atoms with Crippen LogP contribution in [-0.2, 0) is 32.3 Å². The molecule has 1 rings (SSSR count). The molecule has 0 bridgehead atoms. The van der Waals surface area contributed by atoms with Crippen LogP contribution in [0.2, 0.25) is 54.4 Å². The van der Waals surface area contributed by atoms with Crippen molar-refractivity contribution in [1.29, 1.82) is 0 Å². The summed E-state index contributed by atoms with van der Waals surface area (Å²) in [4.78, 5) is 39.1. The molecule has 0 aromatic heterocycles. The highest BCUT2D eigenvalue weighted by Gasteiger charge is 2.47. The van der Waals surface area contributed by atoms with Gasteiger partial charge in [-0.05, 0) is 98.5 Å². The number of esters is 1. The lowest BCUT2D eigenvalue weighted by molar-refractivity contribution is -0.176. The van der Waals surface area contributed by atoms with E-state index in [1.54, 1.807) is 12.2 Å². The second-order valence-corrected chi connectivity index (χ2v) is 36.6. The number of hydrogen-bond donors (Lipinski definition) is 1. The van der Waals surface area contributed by atoms with Crippen molar-refractivity contribution in [2.45, 2.75) is 215 Å². The van der Waals surface area contributed by atoms with E-state index < -0.39 is 43.3 Å². The van der Waals surface area contributed by atoms with Gasteiger partial charge >= 0.3 is 12.1 Å². The Kier molecular flexibility index (Phi) is 23.0. The number of hydrogen-bond acceptors (Lipinski definition) is 8. The zero-order chi connectivity index (χ0) is 49.1. The van der Waals surface area contributed by atoms with Crippen LogP contribution in [0, 0.1) is 41.4 Å². The van der Waals surface area contributed by atoms with Gasteiger partial charge in [-0.15, -0.1) is 0 Å². The summed E-state index contributed by atoms with van der Waals surface area (Å²) in [5.74, 6) is -1.07. The number of allylic oxidation sites excluding steroid dienone is 4. The van der Waals surface area contributed by atoms with Gasteiger partial charge in [0, 0.05) is 24.2 Å². The van der Waals surface area contributed by atoms with Crippen LogP contribution < -0.4 is 5.73 Å². The summed E-state index contributed by atoms with van der Waals surface area (Å²) in [6.45, 7) is 49.8. The molecule has 2 N–H and O–H groups in total. The van der Waals surface area contributed by atoms with Crippen molar-refractivity contribution in [2.24, 2.45) is 47.2 Å². The molecule has 0 unspecified atom stereocenters. The van der Waals surface area contributed by atoms with Gasteiger partial charge in [-0.3, -0.25) is 9.59 Å². The topological polar surface area (TPSA) is 123 Å². The van der Waals surface area contributed by atoms with Crippen LogP contribution in [0.1, 0.15) is 131 Å². The summed E-state index contributed by atoms with van der Waals surface area (Å²) in [5, 5.41) is -0.0489. The molecule has 1 heterocycles. The molecule has 1 amide bonds. The van der Waals surface area contributed by atoms with Gasteiger partial charge in [-0.25, -0.2) is 4.79 Å². The van der Waals surface area contributed by atoms with E-state index in [9.17, 15) is 14.4 Å². The maximum Gasteiger partial charge on any atom is 0.404 e. The molecule has 0 aromatic rings. The first-order valence-electron chi connectivity index (χ1n) is 24.1. The lowest BCUT2D eigenvalue weighted by Crippen LogP contribution is -2.53. The molecule has 12 heteroatoms. The fraction of sp³-hybridized carbons (Fsp3) is 0.784. The Bertz CT molecular complexity index is 1560. The van der Waals surface area contributed by atoms with Crippen molar-refractivity contribution in [1.82, 2.24) is 0 Å². The summed E-state index contributed by atoms with van der Waals surface area (Å²) in [6.07, 6.45) is 9.99. The molecule has 12 atom stereocenters. The molecular formula is C51H95NO8Si3. The summed E-state index contributed by atoms with van der Waals surface area (Å²) in [6, 6.07) is 2.98. The van der Waals surface area contributed by atoms with Gasteiger partial charge in [0.25, 0.3) is 0 Å². The van der Waals surface area contributed by atoms with Crippen molar-refractivity contribution < 1.29 is 37.1 Å². The average molecular weight is 935 g/mol. The Morgan fingerprint density at radius 1 is 0.810 bits per heavy atom. The van der Waals surface area contributed by atoms with Gasteiger partial charge in [0.1, 0.15) is 12.2 Å². The van der Waals surface area contributed by atoms with E-state index in [4.69, 9.17) is 28.5 Å². The summed E-state index contributed by atoms with van der Waals surface area (Å²) in [7, 11) is -6.51. The van der Waals surface area contributed by atoms with Crippen molar-refractivity contribution in [3.05, 3.63) is 48.6 Å². The maximum atomic E-state index is 13.7. The Balaban J connectivity index is 3.55. The Labute approximate surface area is 389 Å². The van der Waals surface area contributed by atoms with Gasteiger partial charge in [-0.2, -0.15) is 0 Å². The third-order valence-electron chi connectivity index (χ3n) is 15.2. The first-order valence-corrected chi connectivity index (χ1v) is 32.5. The Morgan fingerprint density at radius 2 is 1.30 bits per heavy atom. The lowest BCUT2D eigenvalue weighted by atomic mass is 9.81. The molecule has 63 heavy (non-hydrogen) atoms. The van der Waals surface area contributed by atoms with Crippen molar-refractivity contribution in [3.63, 3.8) is 0 Å². The molecule has 0 spiro atoms. The monoisotopic (exact) mass is 934 g/mol. The number of primary amides is 1. The highest BCUT2D eigenvalue weighted by atomic mass is 28.4. The minimum Gasteiger partial charge on any atom is -0.461 e. The van der Waals surface area contributed by atoms with E-state index in [2.05, 4.69) is 143 Å². The average Bonchev–Trinajstić information content (AvgIpc) is 3.17. The van der Waals surface area contributed by atoms with E-state index in [0.717, 1.165) is 24.6 Å². The normalized spacial score (nSPS) is 23.7. The Hall–Kier alpha value is -2.10. The minimum atomic E-state index is -2.27. The number of carbonyl (C=O) groups excluding carboxylic acids is 3. The second kappa shape index (κ2) is 24.6. The van der Waals surface area contributed by atoms with Crippen LogP contribution in [-0.4, -0.2) is 73.3 Å². The van der Waals surface area contributed by atoms with Crippen LogP contribution in [0.4, 0.5) is 4.79 Å². The molecule has 0 aromatic carbocycles. The highest BCUT2D eigenvalue weighted by Crippen LogP contribution is 2.43. The van der Waals surface area contributed by atoms with E-state index in [0.29, 0.717) is 0 Å². The standard InChI is InChI=1S/C51H95NO8Si3/c1-23-27-28-35(6)45(57-49(52)55)40(11)46(59-62(21,22)51(16,17)18)38(9)32-34(5)31-37(8)44(58-61(19,20)50(13,14)15)36(7)29-30-42(53)33-43-39(10)47(41(12)48(54)56-43)60-63(24-2,25-3)26-4/h23,27-31,35-41,43-47H,1,24-26,32-33H2,2-22H3,(H2,52,55)/b28-27-,30-29-,34-31-/t35-,36-,37-,38-,39-,40+,41+,43-,44-,45-,46+,47-/m0/s1. The molecule has 1 aliphatic rings. The molecule has 1 saturated heterocycles. The Morgan fingerprint density at radius 3 is 1.76 bits per heavy atom. The smallest absolute Gasteiger partial charge is 0.404 e. The zero-order valence-corrected chi connectivity index (χ0v) is 47.0. The van der Waals surface area contributed by atoms with Crippen molar-refractivity contribution in [2.75, 3.05) is 0 Å². The number of nitrogens with two attached hydrogens (primary N) is 1. The largest absolute Gasteiger partial charge is 0.461 e. The number of ether oxygens (including phenoxy) is 2. The van der Waals surface area contributed by atoms with Crippen LogP contribution >= 0.6 is 0 Å². The molecule has 1 aliphatic heterocycles. The predicted octanol–water partition coefficient (Wildman–Crippen LogP) is 13.6. The quantitative estimate of drug-likeness (QED) is 0.0316. The van der Waals surface area contributed by atoms with Crippen LogP contribution in [0.15, 0.2) is 48.6 Å². The summed E-state index contributed by atoms with van der Waals surface area (Å²) >= 11 is 0. The first-order chi connectivity index (χ1) is 28.7. The molecule has 9 nitrogen and oxygen atoms in total. The van der Waals surface area contributed by atoms with E-state index in [-0.39, 0.29) is 88.0 Å². The third-order valence-corrected chi connectivity index (χ3v) is 28.7. The molecule has 0 saturated carbocycles. The summed E-state index contributed by atoms with van der Waals surface area (Å²) in [5.41, 5.74) is 6.88. The molecular weight excluding hydrogens is 839 g/mol. The van der Waals surface area contributed by atoms with Crippen LogP contribution in [0.5, 0.6) is 0 Å². The van der Waals surface area contributed by atoms with Crippen LogP contribution in [0.3, 0.4) is 0 Å². The zero-order valence-electron chi connectivity index (χ0n) is 44.0. The fourth-order valence-corrected chi connectivity index (χ4v) is 14.5. The molecule has 0 radical (unpaired) electrons. The first kappa shape index (κ1) is 58.9. The third kappa shape index (κ3) is 16.9. The van der Waals surface area contributed by atoms with E-state index >= 15 is 0 Å². The fourth-order valence-electron chi connectivity index (χ4n) is 8.61. The van der Waals surface area contributed by atoms with Crippen molar-refractivity contribution in [3.8, 4) is 0 Å². The van der Waals surface area contributed by atoms with Gasteiger partial charge in [0.2, 0.25) is 0 Å². The van der Waals surface area contributed by atoms with E-state index in [1.165, 1.54) is 5.57 Å². The van der Waals surface area contributed by atoms with Crippen LogP contribution in [0.25, 0.3) is 0 Å². The lowest BCUT2D eigenvalue weighted by Gasteiger charge is -2.45. The molecule has 364 valence electrons. The minimum absolute atomic E-state index is 0.0199. The van der Waals surface area contributed by atoms with Gasteiger partial charge in [-0.1, -0.05) is 146 Å². The highest BCUT2D eigenvalue weighted by molar-refractivity contribution is 6.74. The second-order valence-electron chi connectivity index (χ2n) is 22.3. The SMILES string of the molecule is C=C/C=C\[C@H](C)[C@H](OC(N)=O)[C@@H](C)[C@H](O[Si](C)(C)C(C)(C)C)[C@@H](C)C/C(C)=C\[C@H](C)[C@@H](O[Si](C)(C)C(C)(C)C)[C@@H](C)/C=C\C(=O)C[C@@H]1OC(=O)[C@H](C)[C@@H](O[Si](CC)(CC)CC)[C@H]1C. The van der Waals surface area contributed by atoms with Crippen molar-refractivity contribution >= 4 is 42.8 Å². The van der Waals surface area contributed by atoms with E-state index in [1.807, 2.05) is 32.1 Å². The number of cyclic esters (lactones) is 1. The van der Waals surface area contributed by atoms with Gasteiger partial charge < -0.3 is 28.5 Å². The predicted molar refractivity (Wildman–Crippen MR) is 271 cm³/mol. The number of amides is 1. The summed E-state index contributed by atoms with van der Waals surface area (Å²) < 4.78 is 33.1. The molecule has 0 aliphatic carbocycles. The number of carbonyl (C=O) groups is 3. The molecule has 1 fully saturated rings.